The lowest BCUT2D eigenvalue weighted by Gasteiger charge is -2.32. The zero-order chi connectivity index (χ0) is 16.5. The van der Waals surface area contributed by atoms with E-state index in [0.29, 0.717) is 25.7 Å². The van der Waals surface area contributed by atoms with Crippen LogP contribution < -0.4 is 0 Å². The fraction of sp³-hybridized carbons (Fsp3) is 0.765. The van der Waals surface area contributed by atoms with Crippen LogP contribution in [0.2, 0.25) is 0 Å². The Kier molecular flexibility index (Phi) is 7.95. The highest BCUT2D eigenvalue weighted by atomic mass is 32.2. The molecule has 1 aliphatic heterocycles. The molecule has 1 amide bonds. The maximum Gasteiger partial charge on any atom is 0.435 e. The average molecular weight is 340 g/mol. The minimum atomic E-state index is -0.445. The number of carbonyl (C=O) groups is 1. The third-order valence-electron chi connectivity index (χ3n) is 4.25. The van der Waals surface area contributed by atoms with Gasteiger partial charge in [-0.15, -0.1) is 6.58 Å². The summed E-state index contributed by atoms with van der Waals surface area (Å²) in [7, 11) is 0. The van der Waals surface area contributed by atoms with Crippen molar-refractivity contribution in [3.63, 3.8) is 0 Å². The summed E-state index contributed by atoms with van der Waals surface area (Å²) >= 11 is 1.80. The molecule has 0 aromatic heterocycles. The van der Waals surface area contributed by atoms with Gasteiger partial charge in [-0.25, -0.2) is 4.79 Å². The van der Waals surface area contributed by atoms with E-state index in [4.69, 9.17) is 9.47 Å². The lowest BCUT2D eigenvalue weighted by atomic mass is 9.86. The Morgan fingerprint density at radius 2 is 2.22 bits per heavy atom. The first-order chi connectivity index (χ1) is 11.2. The standard InChI is InChI=1S/C17H28N2O3S/c1-3-11-23-13-14(2)16(19-7-9-21-10-8-19)18-17(20)22-12-15-5-4-6-15/h3,14-15H,1,4-13H2,2H3. The minimum Gasteiger partial charge on any atom is -0.448 e. The summed E-state index contributed by atoms with van der Waals surface area (Å²) in [5.41, 5.74) is 0. The van der Waals surface area contributed by atoms with Crippen LogP contribution in [0.1, 0.15) is 26.2 Å². The Morgan fingerprint density at radius 1 is 1.48 bits per heavy atom. The Morgan fingerprint density at radius 3 is 2.83 bits per heavy atom. The second kappa shape index (κ2) is 9.98. The normalized spacial score (nSPS) is 20.7. The lowest BCUT2D eigenvalue weighted by molar-refractivity contribution is 0.0658. The van der Waals surface area contributed by atoms with Gasteiger partial charge in [0.15, 0.2) is 0 Å². The van der Waals surface area contributed by atoms with Crippen LogP contribution in [0.5, 0.6) is 0 Å². The van der Waals surface area contributed by atoms with Gasteiger partial charge in [-0.05, 0) is 18.8 Å². The summed E-state index contributed by atoms with van der Waals surface area (Å²) in [4.78, 5) is 18.5. The summed E-state index contributed by atoms with van der Waals surface area (Å²) in [5, 5.41) is 0. The van der Waals surface area contributed by atoms with Crippen molar-refractivity contribution >= 4 is 23.7 Å². The molecule has 1 saturated heterocycles. The van der Waals surface area contributed by atoms with Crippen LogP contribution >= 0.6 is 11.8 Å². The number of aliphatic imine (C=N–C) groups is 1. The number of morpholine rings is 1. The lowest BCUT2D eigenvalue weighted by Crippen LogP contribution is -2.44. The van der Waals surface area contributed by atoms with Crippen molar-refractivity contribution in [2.24, 2.45) is 16.8 Å². The molecule has 0 aromatic rings. The summed E-state index contributed by atoms with van der Waals surface area (Å²) in [6.45, 7) is 9.30. The maximum atomic E-state index is 12.1. The topological polar surface area (TPSA) is 51.1 Å². The van der Waals surface area contributed by atoms with E-state index in [1.54, 1.807) is 11.8 Å². The van der Waals surface area contributed by atoms with Crippen molar-refractivity contribution in [1.82, 2.24) is 4.90 Å². The van der Waals surface area contributed by atoms with Crippen molar-refractivity contribution in [2.45, 2.75) is 26.2 Å². The second-order valence-electron chi connectivity index (χ2n) is 6.17. The van der Waals surface area contributed by atoms with Gasteiger partial charge in [-0.2, -0.15) is 16.8 Å². The van der Waals surface area contributed by atoms with E-state index in [0.717, 1.165) is 30.4 Å². The van der Waals surface area contributed by atoms with Gasteiger partial charge < -0.3 is 14.4 Å². The highest BCUT2D eigenvalue weighted by molar-refractivity contribution is 7.99. The molecule has 0 aromatic carbocycles. The van der Waals surface area contributed by atoms with Crippen LogP contribution in [-0.2, 0) is 9.47 Å². The van der Waals surface area contributed by atoms with Crippen molar-refractivity contribution in [3.05, 3.63) is 12.7 Å². The zero-order valence-corrected chi connectivity index (χ0v) is 14.9. The van der Waals surface area contributed by atoms with Gasteiger partial charge in [-0.1, -0.05) is 19.4 Å². The first-order valence-electron chi connectivity index (χ1n) is 8.47. The van der Waals surface area contributed by atoms with Gasteiger partial charge >= 0.3 is 6.09 Å². The third-order valence-corrected chi connectivity index (χ3v) is 5.46. The number of carbonyl (C=O) groups excluding carboxylic acids is 1. The van der Waals surface area contributed by atoms with Gasteiger partial charge in [0.1, 0.15) is 5.84 Å². The number of hydrogen-bond donors (Lipinski definition) is 0. The minimum absolute atomic E-state index is 0.203. The number of amides is 1. The van der Waals surface area contributed by atoms with Crippen molar-refractivity contribution in [2.75, 3.05) is 44.4 Å². The van der Waals surface area contributed by atoms with Crippen LogP contribution in [0.25, 0.3) is 0 Å². The Labute approximate surface area is 143 Å². The Bertz CT molecular complexity index is 418. The van der Waals surface area contributed by atoms with E-state index in [1.165, 1.54) is 19.3 Å². The quantitative estimate of drug-likeness (QED) is 0.308. The molecule has 130 valence electrons. The van der Waals surface area contributed by atoms with Gasteiger partial charge in [0.25, 0.3) is 0 Å². The number of rotatable bonds is 7. The number of nitrogens with zero attached hydrogens (tertiary/aromatic N) is 2. The monoisotopic (exact) mass is 340 g/mol. The van der Waals surface area contributed by atoms with E-state index >= 15 is 0 Å². The molecule has 1 aliphatic carbocycles. The average Bonchev–Trinajstić information content (AvgIpc) is 2.52. The largest absolute Gasteiger partial charge is 0.448 e. The molecule has 1 atom stereocenters. The molecule has 2 fully saturated rings. The molecule has 2 rings (SSSR count). The predicted molar refractivity (Wildman–Crippen MR) is 95.2 cm³/mol. The molecular formula is C17H28N2O3S. The summed E-state index contributed by atoms with van der Waals surface area (Å²) in [6.07, 6.45) is 5.04. The molecule has 0 spiro atoms. The predicted octanol–water partition coefficient (Wildman–Crippen LogP) is 3.21. The van der Waals surface area contributed by atoms with E-state index < -0.39 is 6.09 Å². The molecule has 2 aliphatic rings. The summed E-state index contributed by atoms with van der Waals surface area (Å²) in [5.74, 6) is 3.41. The third kappa shape index (κ3) is 6.18. The molecule has 0 radical (unpaired) electrons. The summed E-state index contributed by atoms with van der Waals surface area (Å²) in [6, 6.07) is 0. The van der Waals surface area contributed by atoms with Crippen LogP contribution in [0.4, 0.5) is 4.79 Å². The number of thioether (sulfide) groups is 1. The van der Waals surface area contributed by atoms with Crippen molar-refractivity contribution in [1.29, 1.82) is 0 Å². The molecule has 1 unspecified atom stereocenters. The fourth-order valence-electron chi connectivity index (χ4n) is 2.66. The van der Waals surface area contributed by atoms with Crippen molar-refractivity contribution < 1.29 is 14.3 Å². The smallest absolute Gasteiger partial charge is 0.435 e. The molecule has 0 N–H and O–H groups in total. The first-order valence-corrected chi connectivity index (χ1v) is 9.63. The van der Waals surface area contributed by atoms with Gasteiger partial charge in [-0.3, -0.25) is 0 Å². The number of ether oxygens (including phenoxy) is 2. The van der Waals surface area contributed by atoms with Gasteiger partial charge in [0.05, 0.1) is 19.8 Å². The van der Waals surface area contributed by atoms with E-state index in [2.05, 4.69) is 23.4 Å². The first kappa shape index (κ1) is 18.3. The highest BCUT2D eigenvalue weighted by Gasteiger charge is 2.23. The van der Waals surface area contributed by atoms with Crippen LogP contribution in [0, 0.1) is 11.8 Å². The van der Waals surface area contributed by atoms with Crippen LogP contribution in [0.3, 0.4) is 0 Å². The molecule has 0 bridgehead atoms. The molecule has 1 saturated carbocycles. The Hall–Kier alpha value is -1.01. The van der Waals surface area contributed by atoms with Crippen LogP contribution in [0.15, 0.2) is 17.6 Å². The van der Waals surface area contributed by atoms with E-state index in [9.17, 15) is 4.79 Å². The SMILES string of the molecule is C=CCSCC(C)C(=NC(=O)OCC1CCC1)N1CCOCC1. The highest BCUT2D eigenvalue weighted by Crippen LogP contribution is 2.26. The van der Waals surface area contributed by atoms with E-state index in [1.807, 2.05) is 6.08 Å². The number of amidine groups is 1. The molecular weight excluding hydrogens is 312 g/mol. The molecule has 6 heteroatoms. The maximum absolute atomic E-state index is 12.1. The van der Waals surface area contributed by atoms with Crippen LogP contribution in [-0.4, -0.2) is 61.2 Å². The molecule has 1 heterocycles. The fourth-order valence-corrected chi connectivity index (χ4v) is 3.47. The van der Waals surface area contributed by atoms with Gasteiger partial charge in [0.2, 0.25) is 0 Å². The summed E-state index contributed by atoms with van der Waals surface area (Å²) < 4.78 is 10.7. The second-order valence-corrected chi connectivity index (χ2v) is 7.25. The van der Waals surface area contributed by atoms with Crippen molar-refractivity contribution in [3.8, 4) is 0 Å². The number of hydrogen-bond acceptors (Lipinski definition) is 4. The van der Waals surface area contributed by atoms with Gasteiger partial charge in [0, 0.05) is 30.5 Å². The van der Waals surface area contributed by atoms with E-state index in [-0.39, 0.29) is 5.92 Å². The zero-order valence-electron chi connectivity index (χ0n) is 14.0. The Balaban J connectivity index is 1.93. The molecule has 5 nitrogen and oxygen atoms in total. The molecule has 23 heavy (non-hydrogen) atoms.